The van der Waals surface area contributed by atoms with Gasteiger partial charge in [-0.2, -0.15) is 0 Å². The van der Waals surface area contributed by atoms with Gasteiger partial charge in [0, 0.05) is 13.1 Å². The Balaban J connectivity index is 1.99. The molecule has 0 unspecified atom stereocenters. The molecule has 0 N–H and O–H groups in total. The van der Waals surface area contributed by atoms with Crippen LogP contribution in [0.3, 0.4) is 0 Å². The summed E-state index contributed by atoms with van der Waals surface area (Å²) in [5.41, 5.74) is 2.21. The van der Waals surface area contributed by atoms with Crippen LogP contribution in [-0.4, -0.2) is 42.8 Å². The molecule has 0 spiro atoms. The highest BCUT2D eigenvalue weighted by Crippen LogP contribution is 2.21. The molecule has 2 rings (SSSR count). The summed E-state index contributed by atoms with van der Waals surface area (Å²) in [5.74, 6) is -0.346. The number of carbonyl (C=O) groups excluding carboxylic acids is 2. The first kappa shape index (κ1) is 17.1. The van der Waals surface area contributed by atoms with Crippen molar-refractivity contribution in [1.82, 2.24) is 4.90 Å². The molecule has 0 aromatic heterocycles. The first-order valence-corrected chi connectivity index (χ1v) is 7.64. The molecule has 0 atom stereocenters. The van der Waals surface area contributed by atoms with Crippen LogP contribution in [0, 0.1) is 0 Å². The standard InChI is InChI=1S/C18H23NO4/c1-18(2,3)23-17(21)19-10-9-14(12-19)11-13-5-7-15(8-6-13)16(20)22-4/h5-8,11H,9-10,12H2,1-4H3/b14-11-. The number of amides is 1. The average Bonchev–Trinajstić information content (AvgIpc) is 2.94. The van der Waals surface area contributed by atoms with E-state index in [0.29, 0.717) is 18.7 Å². The summed E-state index contributed by atoms with van der Waals surface area (Å²) in [6.07, 6.45) is 2.60. The van der Waals surface area contributed by atoms with E-state index in [-0.39, 0.29) is 12.1 Å². The molecule has 0 saturated carbocycles. The smallest absolute Gasteiger partial charge is 0.410 e. The molecular weight excluding hydrogens is 294 g/mol. The summed E-state index contributed by atoms with van der Waals surface area (Å²) in [4.78, 5) is 25.2. The molecular formula is C18H23NO4. The molecule has 1 aliphatic heterocycles. The number of ether oxygens (including phenoxy) is 2. The Hall–Kier alpha value is -2.30. The fraction of sp³-hybridized carbons (Fsp3) is 0.444. The second kappa shape index (κ2) is 6.86. The van der Waals surface area contributed by atoms with E-state index in [0.717, 1.165) is 12.0 Å². The van der Waals surface area contributed by atoms with E-state index >= 15 is 0 Å². The van der Waals surface area contributed by atoms with Crippen LogP contribution in [0.2, 0.25) is 0 Å². The van der Waals surface area contributed by atoms with Gasteiger partial charge in [0.05, 0.1) is 12.7 Å². The topological polar surface area (TPSA) is 55.8 Å². The second-order valence-electron chi connectivity index (χ2n) is 6.57. The van der Waals surface area contributed by atoms with Crippen LogP contribution in [0.25, 0.3) is 6.08 Å². The Labute approximate surface area is 136 Å². The fourth-order valence-electron chi connectivity index (χ4n) is 2.35. The number of hydrogen-bond donors (Lipinski definition) is 0. The van der Waals surface area contributed by atoms with Crippen molar-refractivity contribution in [3.8, 4) is 0 Å². The lowest BCUT2D eigenvalue weighted by Crippen LogP contribution is -2.34. The highest BCUT2D eigenvalue weighted by Gasteiger charge is 2.26. The molecule has 124 valence electrons. The minimum atomic E-state index is -0.479. The van der Waals surface area contributed by atoms with Crippen molar-refractivity contribution in [3.63, 3.8) is 0 Å². The van der Waals surface area contributed by atoms with Crippen molar-refractivity contribution in [3.05, 3.63) is 41.0 Å². The zero-order valence-corrected chi connectivity index (χ0v) is 14.1. The predicted molar refractivity (Wildman–Crippen MR) is 88.2 cm³/mol. The maximum Gasteiger partial charge on any atom is 0.410 e. The van der Waals surface area contributed by atoms with Crippen molar-refractivity contribution in [2.24, 2.45) is 0 Å². The van der Waals surface area contributed by atoms with Crippen LogP contribution in [-0.2, 0) is 9.47 Å². The van der Waals surface area contributed by atoms with E-state index in [1.54, 1.807) is 17.0 Å². The number of hydrogen-bond acceptors (Lipinski definition) is 4. The minimum Gasteiger partial charge on any atom is -0.465 e. The first-order valence-electron chi connectivity index (χ1n) is 7.64. The number of rotatable bonds is 2. The van der Waals surface area contributed by atoms with Gasteiger partial charge in [0.2, 0.25) is 0 Å². The first-order chi connectivity index (χ1) is 10.8. The monoisotopic (exact) mass is 317 g/mol. The van der Waals surface area contributed by atoms with Crippen LogP contribution in [0.1, 0.15) is 43.1 Å². The van der Waals surface area contributed by atoms with Gasteiger partial charge in [-0.3, -0.25) is 0 Å². The van der Waals surface area contributed by atoms with Gasteiger partial charge in [-0.25, -0.2) is 9.59 Å². The van der Waals surface area contributed by atoms with E-state index < -0.39 is 5.60 Å². The van der Waals surface area contributed by atoms with Crippen LogP contribution in [0.5, 0.6) is 0 Å². The van der Waals surface area contributed by atoms with Gasteiger partial charge in [-0.05, 0) is 50.5 Å². The molecule has 0 bridgehead atoms. The van der Waals surface area contributed by atoms with Gasteiger partial charge in [-0.15, -0.1) is 0 Å². The van der Waals surface area contributed by atoms with Crippen molar-refractivity contribution in [2.75, 3.05) is 20.2 Å². The van der Waals surface area contributed by atoms with Crippen LogP contribution >= 0.6 is 0 Å². The van der Waals surface area contributed by atoms with Crippen LogP contribution < -0.4 is 0 Å². The molecule has 1 aromatic rings. The lowest BCUT2D eigenvalue weighted by atomic mass is 10.1. The molecule has 5 heteroatoms. The van der Waals surface area contributed by atoms with Gasteiger partial charge >= 0.3 is 12.1 Å². The van der Waals surface area contributed by atoms with Crippen molar-refractivity contribution >= 4 is 18.1 Å². The zero-order valence-electron chi connectivity index (χ0n) is 14.1. The van der Waals surface area contributed by atoms with Gasteiger partial charge in [0.1, 0.15) is 5.60 Å². The molecule has 0 aliphatic carbocycles. The maximum absolute atomic E-state index is 12.0. The Bertz CT molecular complexity index is 611. The Morgan fingerprint density at radius 3 is 2.39 bits per heavy atom. The molecule has 1 saturated heterocycles. The Kier molecular flexibility index (Phi) is 5.08. The summed E-state index contributed by atoms with van der Waals surface area (Å²) in [6, 6.07) is 7.21. The van der Waals surface area contributed by atoms with Crippen molar-refractivity contribution < 1.29 is 19.1 Å². The van der Waals surface area contributed by atoms with Crippen molar-refractivity contribution in [2.45, 2.75) is 32.8 Å². The lowest BCUT2D eigenvalue weighted by Gasteiger charge is -2.23. The van der Waals surface area contributed by atoms with E-state index in [2.05, 4.69) is 4.74 Å². The quantitative estimate of drug-likeness (QED) is 0.783. The van der Waals surface area contributed by atoms with Crippen LogP contribution in [0.15, 0.2) is 29.8 Å². The highest BCUT2D eigenvalue weighted by atomic mass is 16.6. The number of benzene rings is 1. The van der Waals surface area contributed by atoms with Gasteiger partial charge in [-0.1, -0.05) is 18.2 Å². The molecule has 1 fully saturated rings. The molecule has 5 nitrogen and oxygen atoms in total. The Morgan fingerprint density at radius 2 is 1.83 bits per heavy atom. The summed E-state index contributed by atoms with van der Waals surface area (Å²) >= 11 is 0. The number of likely N-dealkylation sites (tertiary alicyclic amines) is 1. The lowest BCUT2D eigenvalue weighted by molar-refractivity contribution is 0.0299. The normalized spacial score (nSPS) is 16.5. The number of carbonyl (C=O) groups is 2. The maximum atomic E-state index is 12.0. The van der Waals surface area contributed by atoms with Gasteiger partial charge < -0.3 is 14.4 Å². The minimum absolute atomic E-state index is 0.276. The zero-order chi connectivity index (χ0) is 17.0. The molecule has 23 heavy (non-hydrogen) atoms. The summed E-state index contributed by atoms with van der Waals surface area (Å²) < 4.78 is 10.1. The number of nitrogens with zero attached hydrogens (tertiary/aromatic N) is 1. The second-order valence-corrected chi connectivity index (χ2v) is 6.57. The molecule has 0 radical (unpaired) electrons. The number of esters is 1. The third-order valence-electron chi connectivity index (χ3n) is 3.45. The van der Waals surface area contributed by atoms with E-state index in [9.17, 15) is 9.59 Å². The fourth-order valence-corrected chi connectivity index (χ4v) is 2.35. The molecule has 1 aromatic carbocycles. The van der Waals surface area contributed by atoms with Crippen molar-refractivity contribution in [1.29, 1.82) is 0 Å². The molecule has 1 heterocycles. The summed E-state index contributed by atoms with van der Waals surface area (Å²) in [7, 11) is 1.36. The highest BCUT2D eigenvalue weighted by molar-refractivity contribution is 5.89. The third-order valence-corrected chi connectivity index (χ3v) is 3.45. The molecule has 1 amide bonds. The predicted octanol–water partition coefficient (Wildman–Crippen LogP) is 3.50. The SMILES string of the molecule is COC(=O)c1ccc(/C=C2/CCN(C(=O)OC(C)(C)C)C2)cc1. The van der Waals surface area contributed by atoms with Crippen LogP contribution in [0.4, 0.5) is 4.79 Å². The van der Waals surface area contributed by atoms with E-state index in [1.807, 2.05) is 39.0 Å². The summed E-state index contributed by atoms with van der Waals surface area (Å²) in [5, 5.41) is 0. The molecule has 1 aliphatic rings. The van der Waals surface area contributed by atoms with Gasteiger partial charge in [0.25, 0.3) is 0 Å². The van der Waals surface area contributed by atoms with E-state index in [1.165, 1.54) is 12.7 Å². The number of methoxy groups -OCH3 is 1. The van der Waals surface area contributed by atoms with Gasteiger partial charge in [0.15, 0.2) is 0 Å². The summed E-state index contributed by atoms with van der Waals surface area (Å²) in [6.45, 7) is 6.83. The third kappa shape index (κ3) is 4.84. The Morgan fingerprint density at radius 1 is 1.17 bits per heavy atom. The largest absolute Gasteiger partial charge is 0.465 e. The van der Waals surface area contributed by atoms with E-state index in [4.69, 9.17) is 4.74 Å². The average molecular weight is 317 g/mol.